The average Bonchev–Trinajstić information content (AvgIpc) is 4.06. The lowest BCUT2D eigenvalue weighted by molar-refractivity contribution is -0.164. The van der Waals surface area contributed by atoms with Gasteiger partial charge < -0.3 is 49.9 Å². The number of halogens is 1. The van der Waals surface area contributed by atoms with Crippen LogP contribution in [0.1, 0.15) is 125 Å². The van der Waals surface area contributed by atoms with Crippen molar-refractivity contribution in [1.29, 1.82) is 5.26 Å². The molecule has 5 heterocycles. The molecule has 2 saturated carbocycles. The Morgan fingerprint density at radius 3 is 2.25 bits per heavy atom. The molecule has 2 aliphatic carbocycles. The van der Waals surface area contributed by atoms with E-state index in [1.807, 2.05) is 6.07 Å². The summed E-state index contributed by atoms with van der Waals surface area (Å²) < 4.78 is 12.1. The van der Waals surface area contributed by atoms with Crippen molar-refractivity contribution in [3.05, 3.63) is 76.7 Å². The number of aromatic nitrogens is 4. The van der Waals surface area contributed by atoms with E-state index in [1.165, 1.54) is 0 Å². The molecule has 2 aromatic heterocycles. The fourth-order valence-electron chi connectivity index (χ4n) is 12.9. The summed E-state index contributed by atoms with van der Waals surface area (Å²) >= 11 is 6.27. The van der Waals surface area contributed by atoms with Crippen LogP contribution in [0.4, 0.5) is 29.1 Å². The standard InChI is InChI=1S/C57H76ClN13O5/c1-9-45-51(74)68(7)46-34-60-54(65-48(46)71(45)41-13-10-11-14-41)64-44-18-16-37(29-47(44)75-8)49(72)63-40-21-25-69(26-22-40)24-12-23-67(6)35-36-19-27-70(28-20-36)55-61-32-39(33-62-55)50(73)66-52-56(2,3)53(57(52,4)5)76-42-17-15-38(31-59)43(58)30-42/h15-18,29-30,32-34,36,40-41,45,52-53H,9-14,19-28,35H2,1-8H3,(H,63,72)(H,66,73)(H,60,64,65)/t45-,52-,53-/m1/s1. The van der Waals surface area contributed by atoms with Gasteiger partial charge in [-0.15, -0.1) is 0 Å². The number of benzene rings is 2. The highest BCUT2D eigenvalue weighted by Crippen LogP contribution is 2.56. The summed E-state index contributed by atoms with van der Waals surface area (Å²) in [4.78, 5) is 70.3. The van der Waals surface area contributed by atoms with Crippen LogP contribution < -0.4 is 40.1 Å². The molecule has 4 aromatic rings. The number of anilines is 5. The molecule has 406 valence electrons. The van der Waals surface area contributed by atoms with Gasteiger partial charge in [0.25, 0.3) is 11.8 Å². The second-order valence-corrected chi connectivity index (χ2v) is 23.2. The van der Waals surface area contributed by atoms with Gasteiger partial charge in [0, 0.05) is 92.8 Å². The third-order valence-electron chi connectivity index (χ3n) is 16.9. The van der Waals surface area contributed by atoms with Gasteiger partial charge in [-0.25, -0.2) is 15.0 Å². The van der Waals surface area contributed by atoms with Gasteiger partial charge in [0.15, 0.2) is 5.82 Å². The molecule has 19 heteroatoms. The van der Waals surface area contributed by atoms with Crippen molar-refractivity contribution in [2.45, 2.75) is 129 Å². The summed E-state index contributed by atoms with van der Waals surface area (Å²) in [6.45, 7) is 17.1. The molecular weight excluding hydrogens is 982 g/mol. The Hall–Kier alpha value is -6.29. The Kier molecular flexibility index (Phi) is 16.6. The Morgan fingerprint density at radius 1 is 0.895 bits per heavy atom. The molecule has 18 nitrogen and oxygen atoms in total. The maximum absolute atomic E-state index is 13.5. The van der Waals surface area contributed by atoms with E-state index in [0.29, 0.717) is 68.8 Å². The lowest BCUT2D eigenvalue weighted by atomic mass is 9.49. The first-order valence-corrected chi connectivity index (χ1v) is 27.7. The van der Waals surface area contributed by atoms with Crippen LogP contribution in [0, 0.1) is 28.1 Å². The molecule has 3 aliphatic heterocycles. The third-order valence-corrected chi connectivity index (χ3v) is 17.2. The number of nitrogens with zero attached hydrogens (tertiary/aromatic N) is 10. The monoisotopic (exact) mass is 1060 g/mol. The number of likely N-dealkylation sites (tertiary alicyclic amines) is 1. The molecule has 0 bridgehead atoms. The van der Waals surface area contributed by atoms with Crippen LogP contribution in [0.3, 0.4) is 0 Å². The second kappa shape index (κ2) is 23.1. The molecule has 2 saturated heterocycles. The first kappa shape index (κ1) is 54.5. The van der Waals surface area contributed by atoms with Gasteiger partial charge in [-0.05, 0) is 108 Å². The predicted octanol–water partition coefficient (Wildman–Crippen LogP) is 8.09. The minimum absolute atomic E-state index is 0.0758. The molecular formula is C57H76ClN13O5. The zero-order chi connectivity index (χ0) is 53.9. The molecule has 0 unspecified atom stereocenters. The predicted molar refractivity (Wildman–Crippen MR) is 296 cm³/mol. The number of piperidine rings is 2. The minimum atomic E-state index is -0.380. The summed E-state index contributed by atoms with van der Waals surface area (Å²) in [6, 6.07) is 12.5. The van der Waals surface area contributed by atoms with Crippen LogP contribution in [-0.2, 0) is 4.79 Å². The number of nitriles is 1. The number of carbonyl (C=O) groups excluding carboxylic acids is 3. The van der Waals surface area contributed by atoms with Crippen molar-refractivity contribution in [2.24, 2.45) is 16.7 Å². The maximum Gasteiger partial charge on any atom is 0.254 e. The van der Waals surface area contributed by atoms with Gasteiger partial charge in [0.2, 0.25) is 17.8 Å². The van der Waals surface area contributed by atoms with Crippen LogP contribution in [0.2, 0.25) is 5.02 Å². The summed E-state index contributed by atoms with van der Waals surface area (Å²) in [5.41, 5.74) is 1.95. The summed E-state index contributed by atoms with van der Waals surface area (Å²) in [5, 5.41) is 19.4. The van der Waals surface area contributed by atoms with E-state index in [4.69, 9.17) is 26.1 Å². The van der Waals surface area contributed by atoms with E-state index in [1.54, 1.807) is 68.0 Å². The van der Waals surface area contributed by atoms with Crippen LogP contribution in [0.5, 0.6) is 11.5 Å². The summed E-state index contributed by atoms with van der Waals surface area (Å²) in [5.74, 6) is 3.26. The minimum Gasteiger partial charge on any atom is -0.495 e. The second-order valence-electron chi connectivity index (χ2n) is 22.8. The van der Waals surface area contributed by atoms with Gasteiger partial charge in [0.05, 0.1) is 35.1 Å². The molecule has 4 fully saturated rings. The molecule has 2 aromatic carbocycles. The van der Waals surface area contributed by atoms with E-state index in [0.717, 1.165) is 109 Å². The van der Waals surface area contributed by atoms with Crippen LogP contribution in [-0.4, -0.2) is 145 Å². The molecule has 1 atom stereocenters. The van der Waals surface area contributed by atoms with Crippen LogP contribution >= 0.6 is 11.6 Å². The quantitative estimate of drug-likeness (QED) is 0.0864. The molecule has 0 radical (unpaired) electrons. The van der Waals surface area contributed by atoms with Crippen molar-refractivity contribution < 1.29 is 23.9 Å². The van der Waals surface area contributed by atoms with Gasteiger partial charge >= 0.3 is 0 Å². The normalized spacial score (nSPS) is 21.9. The number of ether oxygens (including phenoxy) is 2. The Morgan fingerprint density at radius 2 is 1.59 bits per heavy atom. The van der Waals surface area contributed by atoms with Crippen molar-refractivity contribution in [3.63, 3.8) is 0 Å². The van der Waals surface area contributed by atoms with Gasteiger partial charge in [-0.1, -0.05) is 59.1 Å². The number of methoxy groups -OCH3 is 1. The van der Waals surface area contributed by atoms with Crippen LogP contribution in [0.25, 0.3) is 0 Å². The number of fused-ring (bicyclic) bond motifs is 1. The number of nitrogens with one attached hydrogen (secondary N) is 3. The topological polar surface area (TPSA) is 197 Å². The zero-order valence-corrected chi connectivity index (χ0v) is 46.3. The molecule has 0 spiro atoms. The van der Waals surface area contributed by atoms with Gasteiger partial charge in [-0.2, -0.15) is 10.2 Å². The van der Waals surface area contributed by atoms with Crippen molar-refractivity contribution in [3.8, 4) is 17.6 Å². The number of likely N-dealkylation sites (N-methyl/N-ethyl adjacent to an activating group) is 1. The van der Waals surface area contributed by atoms with Gasteiger partial charge in [-0.3, -0.25) is 14.4 Å². The smallest absolute Gasteiger partial charge is 0.254 e. The Bertz CT molecular complexity index is 2750. The largest absolute Gasteiger partial charge is 0.495 e. The number of hydrogen-bond donors (Lipinski definition) is 3. The van der Waals surface area contributed by atoms with Crippen LogP contribution in [0.15, 0.2) is 55.0 Å². The average molecular weight is 1060 g/mol. The summed E-state index contributed by atoms with van der Waals surface area (Å²) in [7, 11) is 5.61. The lowest BCUT2D eigenvalue weighted by Gasteiger charge is -2.63. The Labute approximate surface area is 453 Å². The highest BCUT2D eigenvalue weighted by Gasteiger charge is 2.64. The molecule has 3 amide bonds. The highest BCUT2D eigenvalue weighted by molar-refractivity contribution is 6.31. The molecule has 5 aliphatic rings. The van der Waals surface area contributed by atoms with Gasteiger partial charge in [0.1, 0.15) is 35.4 Å². The number of rotatable bonds is 18. The molecule has 3 N–H and O–H groups in total. The van der Waals surface area contributed by atoms with E-state index in [2.05, 4.69) is 98.2 Å². The first-order valence-electron chi connectivity index (χ1n) is 27.3. The van der Waals surface area contributed by atoms with E-state index in [9.17, 15) is 19.6 Å². The lowest BCUT2D eigenvalue weighted by Crippen LogP contribution is -2.74. The zero-order valence-electron chi connectivity index (χ0n) is 45.6. The first-order chi connectivity index (χ1) is 36.5. The molecule has 9 rings (SSSR count). The molecule has 76 heavy (non-hydrogen) atoms. The third kappa shape index (κ3) is 11.5. The van der Waals surface area contributed by atoms with Crippen molar-refractivity contribution in [1.82, 2.24) is 40.4 Å². The summed E-state index contributed by atoms with van der Waals surface area (Å²) in [6.07, 6.45) is 14.8. The fraction of sp³-hybridized carbons (Fsp3) is 0.579. The SMILES string of the molecule is CC[C@@H]1C(=O)N(C)c2cnc(Nc3ccc(C(=O)NC4CCN(CCCN(C)CC5CCN(c6ncc(C(=O)N[C@H]7C(C)(C)[C@H](Oc8ccc(C#N)c(Cl)c8)C7(C)C)cn6)CC5)CC4)cc3OC)nc2N1C1CCCC1. The van der Waals surface area contributed by atoms with E-state index in [-0.39, 0.29) is 58.8 Å². The fourth-order valence-corrected chi connectivity index (χ4v) is 13.1. The van der Waals surface area contributed by atoms with E-state index >= 15 is 0 Å². The van der Waals surface area contributed by atoms with Crippen molar-refractivity contribution >= 4 is 58.4 Å². The number of hydrogen-bond acceptors (Lipinski definition) is 15. The number of carbonyl (C=O) groups is 3. The van der Waals surface area contributed by atoms with E-state index < -0.39 is 0 Å². The maximum atomic E-state index is 13.5. The Balaban J connectivity index is 0.670. The highest BCUT2D eigenvalue weighted by atomic mass is 35.5. The van der Waals surface area contributed by atoms with Crippen molar-refractivity contribution in [2.75, 3.05) is 87.0 Å². The number of amides is 3.